The van der Waals surface area contributed by atoms with Gasteiger partial charge in [-0.25, -0.2) is 22.0 Å². The van der Waals surface area contributed by atoms with Crippen molar-refractivity contribution in [2.45, 2.75) is 55.9 Å². The van der Waals surface area contributed by atoms with E-state index in [0.29, 0.717) is 22.7 Å². The van der Waals surface area contributed by atoms with Gasteiger partial charge < -0.3 is 36.4 Å². The molecule has 0 aliphatic heterocycles. The number of carbonyl (C=O) groups is 1. The highest BCUT2D eigenvalue weighted by molar-refractivity contribution is 7.99. The van der Waals surface area contributed by atoms with Crippen molar-refractivity contribution in [2.75, 3.05) is 16.0 Å². The number of benzene rings is 9. The summed E-state index contributed by atoms with van der Waals surface area (Å²) in [6.07, 6.45) is 0. The number of aromatic hydroxyl groups is 3. The number of carboxylic acids is 1. The number of nitro benzene ring substituents is 2. The van der Waals surface area contributed by atoms with Crippen LogP contribution >= 0.6 is 35.1 Å². The van der Waals surface area contributed by atoms with E-state index < -0.39 is 65.9 Å². The maximum absolute atomic E-state index is 13.7. The van der Waals surface area contributed by atoms with Crippen molar-refractivity contribution in [1.82, 2.24) is 0 Å². The SMILES string of the molecule is Cc1ccc(Sc2ccccc2CNc2cc([N+](=O)[O-])cc(F)c2O)cc1.O=C(O)c1cccc(NCc2ccccc2S(=O)(=O)c2ccc(Cl)cc2)c1O.O=[N+]([O-])c1cc(F)c(O)c(NCc2ccccc2Sc2ccccc2)c1. The lowest BCUT2D eigenvalue weighted by Gasteiger charge is -2.14. The number of non-ortho nitro benzene ring substituents is 2. The molecule has 0 aliphatic rings. The molecule has 0 bridgehead atoms. The van der Waals surface area contributed by atoms with Crippen molar-refractivity contribution >= 4 is 79.4 Å². The Balaban J connectivity index is 0.000000175. The number of halogens is 3. The largest absolute Gasteiger partial charge is 0.505 e. The minimum Gasteiger partial charge on any atom is -0.505 e. The van der Waals surface area contributed by atoms with Crippen LogP contribution in [0.4, 0.5) is 37.2 Å². The summed E-state index contributed by atoms with van der Waals surface area (Å²) >= 11 is 9.00. The smallest absolute Gasteiger partial charge is 0.339 e. The molecule has 81 heavy (non-hydrogen) atoms. The Labute approximate surface area is 477 Å². The molecule has 0 saturated heterocycles. The zero-order valence-corrected chi connectivity index (χ0v) is 45.7. The van der Waals surface area contributed by atoms with Gasteiger partial charge in [-0.3, -0.25) is 20.2 Å². The molecule has 414 valence electrons. The fourth-order valence-corrected chi connectivity index (χ4v) is 11.1. The number of sulfone groups is 1. The first-order valence-corrected chi connectivity index (χ1v) is 27.6. The average Bonchev–Trinajstić information content (AvgIpc) is 3.46. The molecule has 0 heterocycles. The highest BCUT2D eigenvalue weighted by Gasteiger charge is 2.23. The summed E-state index contributed by atoms with van der Waals surface area (Å²) in [5, 5.41) is 69.7. The van der Waals surface area contributed by atoms with Crippen LogP contribution in [0, 0.1) is 38.8 Å². The highest BCUT2D eigenvalue weighted by atomic mass is 35.5. The van der Waals surface area contributed by atoms with E-state index in [0.717, 1.165) is 42.8 Å². The summed E-state index contributed by atoms with van der Waals surface area (Å²) in [7, 11) is -3.78. The average molecular weight is 1170 g/mol. The number of anilines is 3. The van der Waals surface area contributed by atoms with E-state index in [4.69, 9.17) is 16.7 Å². The zero-order valence-electron chi connectivity index (χ0n) is 42.5. The number of hydrogen-bond donors (Lipinski definition) is 7. The van der Waals surface area contributed by atoms with Crippen molar-refractivity contribution in [2.24, 2.45) is 0 Å². The van der Waals surface area contributed by atoms with Gasteiger partial charge in [0, 0.05) is 56.4 Å². The molecular formula is C59H48ClF2N5O11S3. The molecule has 0 radical (unpaired) electrons. The minimum absolute atomic E-state index is 0.0168. The van der Waals surface area contributed by atoms with E-state index in [2.05, 4.69) is 16.0 Å². The van der Waals surface area contributed by atoms with Crippen LogP contribution in [0.2, 0.25) is 5.02 Å². The third-order valence-corrected chi connectivity index (χ3v) is 16.1. The lowest BCUT2D eigenvalue weighted by atomic mass is 10.1. The summed E-state index contributed by atoms with van der Waals surface area (Å²) < 4.78 is 53.4. The Morgan fingerprint density at radius 2 is 0.988 bits per heavy atom. The third kappa shape index (κ3) is 16.0. The van der Waals surface area contributed by atoms with Gasteiger partial charge in [-0.15, -0.1) is 0 Å². The van der Waals surface area contributed by atoms with Gasteiger partial charge in [0.05, 0.1) is 48.8 Å². The van der Waals surface area contributed by atoms with Gasteiger partial charge in [0.25, 0.3) is 11.4 Å². The number of para-hydroxylation sites is 1. The molecule has 9 aromatic carbocycles. The summed E-state index contributed by atoms with van der Waals surface area (Å²) in [6.45, 7) is 2.66. The van der Waals surface area contributed by atoms with Crippen LogP contribution in [-0.2, 0) is 29.5 Å². The maximum atomic E-state index is 13.7. The summed E-state index contributed by atoms with van der Waals surface area (Å²) in [6, 6.07) is 53.6. The van der Waals surface area contributed by atoms with Gasteiger partial charge in [0.1, 0.15) is 5.56 Å². The summed E-state index contributed by atoms with van der Waals surface area (Å²) in [5.74, 6) is -5.00. The van der Waals surface area contributed by atoms with E-state index in [9.17, 15) is 57.5 Å². The second-order valence-corrected chi connectivity index (χ2v) is 21.9. The third-order valence-electron chi connectivity index (χ3n) is 11.7. The van der Waals surface area contributed by atoms with Crippen LogP contribution in [0.5, 0.6) is 17.2 Å². The van der Waals surface area contributed by atoms with Crippen LogP contribution in [0.1, 0.15) is 32.6 Å². The van der Waals surface area contributed by atoms with Crippen LogP contribution in [0.25, 0.3) is 0 Å². The summed E-state index contributed by atoms with van der Waals surface area (Å²) in [4.78, 5) is 35.9. The number of rotatable bonds is 18. The normalized spacial score (nSPS) is 10.8. The van der Waals surface area contributed by atoms with Crippen molar-refractivity contribution in [3.8, 4) is 17.2 Å². The lowest BCUT2D eigenvalue weighted by molar-refractivity contribution is -0.385. The quantitative estimate of drug-likeness (QED) is 0.0239. The lowest BCUT2D eigenvalue weighted by Crippen LogP contribution is -2.09. The molecule has 0 spiro atoms. The van der Waals surface area contributed by atoms with Gasteiger partial charge in [-0.1, -0.05) is 132 Å². The number of aromatic carboxylic acids is 1. The van der Waals surface area contributed by atoms with Gasteiger partial charge in [-0.05, 0) is 102 Å². The number of phenolic OH excluding ortho intramolecular Hbond substituents is 2. The second kappa shape index (κ2) is 27.6. The molecule has 0 aromatic heterocycles. The van der Waals surface area contributed by atoms with E-state index in [1.807, 2.05) is 110 Å². The fraction of sp³-hybridized carbons (Fsp3) is 0.0678. The number of phenols is 3. The van der Waals surface area contributed by atoms with Gasteiger partial charge in [0.15, 0.2) is 28.9 Å². The van der Waals surface area contributed by atoms with Crippen molar-refractivity contribution in [3.63, 3.8) is 0 Å². The van der Waals surface area contributed by atoms with Gasteiger partial charge in [0.2, 0.25) is 9.84 Å². The molecular weight excluding hydrogens is 1120 g/mol. The Bertz CT molecular complexity index is 3830. The second-order valence-electron chi connectivity index (χ2n) is 17.3. The highest BCUT2D eigenvalue weighted by Crippen LogP contribution is 2.37. The molecule has 0 fully saturated rings. The molecule has 0 amide bonds. The molecule has 9 rings (SSSR count). The predicted octanol–water partition coefficient (Wildman–Crippen LogP) is 14.9. The predicted molar refractivity (Wildman–Crippen MR) is 309 cm³/mol. The summed E-state index contributed by atoms with van der Waals surface area (Å²) in [5.41, 5.74) is 2.57. The molecule has 7 N–H and O–H groups in total. The zero-order chi connectivity index (χ0) is 58.2. The first-order valence-electron chi connectivity index (χ1n) is 24.1. The molecule has 22 heteroatoms. The van der Waals surface area contributed by atoms with E-state index in [1.165, 1.54) is 54.1 Å². The Morgan fingerprint density at radius 3 is 1.49 bits per heavy atom. The molecule has 16 nitrogen and oxygen atoms in total. The molecule has 0 saturated carbocycles. The topological polar surface area (TPSA) is 254 Å². The van der Waals surface area contributed by atoms with E-state index >= 15 is 0 Å². The number of carboxylic acid groups (broad SMARTS) is 1. The van der Waals surface area contributed by atoms with Crippen LogP contribution in [0.15, 0.2) is 223 Å². The van der Waals surface area contributed by atoms with Gasteiger partial charge in [-0.2, -0.15) is 0 Å². The number of aryl methyl sites for hydroxylation is 1. The van der Waals surface area contributed by atoms with Gasteiger partial charge >= 0.3 is 5.97 Å². The molecule has 0 atom stereocenters. The van der Waals surface area contributed by atoms with E-state index in [1.54, 1.807) is 41.7 Å². The number of hydrogen-bond acceptors (Lipinski definition) is 15. The molecule has 0 aliphatic carbocycles. The first kappa shape index (κ1) is 59.5. The Morgan fingerprint density at radius 1 is 0.543 bits per heavy atom. The number of nitro groups is 2. The van der Waals surface area contributed by atoms with E-state index in [-0.39, 0.29) is 52.1 Å². The standard InChI is InChI=1S/C20H16ClNO5S.C20H17FN2O3S.C19H15FN2O3S/c21-14-8-10-15(11-9-14)28(26,27)18-7-2-1-4-13(18)12-22-17-6-3-5-16(19(17)23)20(24)25;1-13-6-8-16(9-7-13)27-19-5-3-2-4-14(19)12-22-18-11-15(23(25)26)10-17(21)20(18)24;20-16-10-14(22(24)25)11-17(19(16)23)21-12-13-6-4-5-9-18(13)26-15-7-2-1-3-8-15/h1-11,22-23H,12H2,(H,24,25);2-11,22,24H,12H2,1H3;1-11,21,23H,12H2. The van der Waals surface area contributed by atoms with Crippen molar-refractivity contribution < 1.29 is 52.3 Å². The minimum atomic E-state index is -3.78. The monoisotopic (exact) mass is 1170 g/mol. The van der Waals surface area contributed by atoms with Crippen molar-refractivity contribution in [1.29, 1.82) is 0 Å². The Kier molecular flexibility index (Phi) is 20.3. The van der Waals surface area contributed by atoms with Crippen molar-refractivity contribution in [3.05, 3.63) is 259 Å². The Hall–Kier alpha value is -9.15. The number of nitrogens with zero attached hydrogens (tertiary/aromatic N) is 2. The molecule has 9 aromatic rings. The molecule has 0 unspecified atom stereocenters. The maximum Gasteiger partial charge on any atom is 0.339 e. The number of nitrogens with one attached hydrogen (secondary N) is 3. The fourth-order valence-electron chi connectivity index (χ4n) is 7.58. The van der Waals surface area contributed by atoms with Crippen LogP contribution in [-0.4, -0.2) is 44.7 Å². The van der Waals surface area contributed by atoms with Crippen LogP contribution < -0.4 is 16.0 Å². The first-order chi connectivity index (χ1) is 38.8. The van der Waals surface area contributed by atoms with Crippen LogP contribution in [0.3, 0.4) is 0 Å².